The first-order valence-electron chi connectivity index (χ1n) is 11.2. The molecule has 2 unspecified atom stereocenters. The average molecular weight is 462 g/mol. The standard InChI is InChI=1S/C28H28FNO4/c1-17-22(11-19-12-25(33-2)28(32)26(13-19)34-3)21-10-9-20(29)14-24(21)23(17)15-27(31)30-16-18-7-5-4-6-8-18/h4-14,17,23,32H,15-16H2,1-3H3,(H,30,31)/b22-11-. The van der Waals surface area contributed by atoms with Gasteiger partial charge in [-0.2, -0.15) is 0 Å². The lowest BCUT2D eigenvalue weighted by molar-refractivity contribution is -0.121. The highest BCUT2D eigenvalue weighted by Crippen LogP contribution is 2.49. The predicted molar refractivity (Wildman–Crippen MR) is 130 cm³/mol. The van der Waals surface area contributed by atoms with E-state index in [9.17, 15) is 14.3 Å². The van der Waals surface area contributed by atoms with Gasteiger partial charge < -0.3 is 19.9 Å². The number of hydrogen-bond acceptors (Lipinski definition) is 4. The Kier molecular flexibility index (Phi) is 6.87. The molecule has 3 aromatic carbocycles. The normalized spacial score (nSPS) is 17.9. The van der Waals surface area contributed by atoms with Crippen molar-refractivity contribution in [2.75, 3.05) is 14.2 Å². The predicted octanol–water partition coefficient (Wildman–Crippen LogP) is 5.53. The summed E-state index contributed by atoms with van der Waals surface area (Å²) in [6.45, 7) is 2.50. The molecule has 0 aromatic heterocycles. The number of rotatable bonds is 7. The Bertz CT molecular complexity index is 1200. The molecule has 1 amide bonds. The minimum atomic E-state index is -0.324. The van der Waals surface area contributed by atoms with E-state index >= 15 is 0 Å². The number of hydrogen-bond donors (Lipinski definition) is 2. The molecule has 4 rings (SSSR count). The number of aromatic hydroxyl groups is 1. The largest absolute Gasteiger partial charge is 0.502 e. The topological polar surface area (TPSA) is 67.8 Å². The molecule has 0 saturated carbocycles. The lowest BCUT2D eigenvalue weighted by Gasteiger charge is -2.17. The molecular formula is C28H28FNO4. The Balaban J connectivity index is 1.63. The van der Waals surface area contributed by atoms with E-state index in [0.29, 0.717) is 18.0 Å². The van der Waals surface area contributed by atoms with Gasteiger partial charge in [0.15, 0.2) is 11.5 Å². The Hall–Kier alpha value is -3.80. The molecule has 0 bridgehead atoms. The molecule has 5 nitrogen and oxygen atoms in total. The molecular weight excluding hydrogens is 433 g/mol. The first-order chi connectivity index (χ1) is 16.4. The van der Waals surface area contributed by atoms with Crippen molar-refractivity contribution in [3.63, 3.8) is 0 Å². The molecule has 6 heteroatoms. The average Bonchev–Trinajstić information content (AvgIpc) is 3.09. The second kappa shape index (κ2) is 10.00. The number of amides is 1. The zero-order chi connectivity index (χ0) is 24.2. The molecule has 34 heavy (non-hydrogen) atoms. The lowest BCUT2D eigenvalue weighted by Crippen LogP contribution is -2.25. The number of carbonyl (C=O) groups excluding carboxylic acids is 1. The number of methoxy groups -OCH3 is 2. The summed E-state index contributed by atoms with van der Waals surface area (Å²) < 4.78 is 24.7. The van der Waals surface area contributed by atoms with E-state index in [2.05, 4.69) is 5.32 Å². The number of halogens is 1. The number of nitrogens with one attached hydrogen (secondary N) is 1. The number of phenols is 1. The van der Waals surface area contributed by atoms with E-state index in [0.717, 1.165) is 27.8 Å². The summed E-state index contributed by atoms with van der Waals surface area (Å²) >= 11 is 0. The molecule has 0 aliphatic heterocycles. The van der Waals surface area contributed by atoms with Crippen LogP contribution in [0.1, 0.15) is 41.5 Å². The van der Waals surface area contributed by atoms with Crippen LogP contribution in [0, 0.1) is 11.7 Å². The summed E-state index contributed by atoms with van der Waals surface area (Å²) in [4.78, 5) is 12.8. The van der Waals surface area contributed by atoms with Gasteiger partial charge in [0.2, 0.25) is 11.7 Å². The van der Waals surface area contributed by atoms with Crippen molar-refractivity contribution in [1.82, 2.24) is 5.32 Å². The summed E-state index contributed by atoms with van der Waals surface area (Å²) in [5.74, 6) is -0.0539. The van der Waals surface area contributed by atoms with E-state index in [1.54, 1.807) is 18.2 Å². The summed E-state index contributed by atoms with van der Waals surface area (Å²) in [5, 5.41) is 13.2. The summed E-state index contributed by atoms with van der Waals surface area (Å²) in [5.41, 5.74) is 4.54. The Morgan fingerprint density at radius 1 is 1.06 bits per heavy atom. The molecule has 2 N–H and O–H groups in total. The number of carbonyl (C=O) groups is 1. The maximum atomic E-state index is 14.2. The van der Waals surface area contributed by atoms with Crippen LogP contribution in [0.3, 0.4) is 0 Å². The van der Waals surface area contributed by atoms with E-state index in [-0.39, 0.29) is 35.7 Å². The highest BCUT2D eigenvalue weighted by molar-refractivity contribution is 5.89. The molecule has 1 aliphatic carbocycles. The molecule has 0 spiro atoms. The number of benzene rings is 3. The van der Waals surface area contributed by atoms with Crippen LogP contribution in [0.2, 0.25) is 0 Å². The van der Waals surface area contributed by atoms with Gasteiger partial charge in [-0.15, -0.1) is 0 Å². The SMILES string of the molecule is COc1cc(/C=C2\c3ccc(F)cc3C(CC(=O)NCc3ccccc3)C2C)cc(OC)c1O. The van der Waals surface area contributed by atoms with Gasteiger partial charge in [-0.05, 0) is 63.9 Å². The van der Waals surface area contributed by atoms with Crippen LogP contribution in [0.4, 0.5) is 4.39 Å². The summed E-state index contributed by atoms with van der Waals surface area (Å²) in [6, 6.07) is 17.9. The first kappa shape index (κ1) is 23.4. The van der Waals surface area contributed by atoms with Gasteiger partial charge in [0.05, 0.1) is 14.2 Å². The molecule has 2 atom stereocenters. The van der Waals surface area contributed by atoms with E-state index < -0.39 is 0 Å². The Morgan fingerprint density at radius 3 is 2.38 bits per heavy atom. The van der Waals surface area contributed by atoms with Crippen LogP contribution in [0.15, 0.2) is 60.7 Å². The zero-order valence-electron chi connectivity index (χ0n) is 19.5. The number of phenolic OH excluding ortho intramolecular Hbond substituents is 1. The van der Waals surface area contributed by atoms with Gasteiger partial charge in [0.1, 0.15) is 5.82 Å². The van der Waals surface area contributed by atoms with Crippen molar-refractivity contribution < 1.29 is 23.8 Å². The van der Waals surface area contributed by atoms with Crippen LogP contribution in [0.25, 0.3) is 11.6 Å². The molecule has 0 saturated heterocycles. The summed E-state index contributed by atoms with van der Waals surface area (Å²) in [7, 11) is 2.96. The van der Waals surface area contributed by atoms with Crippen LogP contribution in [-0.2, 0) is 11.3 Å². The third-order valence-corrected chi connectivity index (χ3v) is 6.38. The van der Waals surface area contributed by atoms with Crippen molar-refractivity contribution in [3.05, 3.63) is 88.7 Å². The molecule has 3 aromatic rings. The van der Waals surface area contributed by atoms with Gasteiger partial charge in [0.25, 0.3) is 0 Å². The molecule has 0 fully saturated rings. The lowest BCUT2D eigenvalue weighted by atomic mass is 9.88. The zero-order valence-corrected chi connectivity index (χ0v) is 19.5. The minimum absolute atomic E-state index is 0.0231. The van der Waals surface area contributed by atoms with Gasteiger partial charge in [0, 0.05) is 13.0 Å². The molecule has 1 aliphatic rings. The van der Waals surface area contributed by atoms with Crippen molar-refractivity contribution in [3.8, 4) is 17.2 Å². The van der Waals surface area contributed by atoms with Gasteiger partial charge in [-0.25, -0.2) is 4.39 Å². The fourth-order valence-corrected chi connectivity index (χ4v) is 4.58. The van der Waals surface area contributed by atoms with E-state index in [4.69, 9.17) is 9.47 Å². The van der Waals surface area contributed by atoms with E-state index in [1.165, 1.54) is 26.4 Å². The van der Waals surface area contributed by atoms with Crippen molar-refractivity contribution in [1.29, 1.82) is 0 Å². The van der Waals surface area contributed by atoms with Gasteiger partial charge in [-0.1, -0.05) is 49.4 Å². The summed E-state index contributed by atoms with van der Waals surface area (Å²) in [6.07, 6.45) is 2.23. The maximum Gasteiger partial charge on any atom is 0.220 e. The number of allylic oxidation sites excluding steroid dienone is 1. The smallest absolute Gasteiger partial charge is 0.220 e. The fourth-order valence-electron chi connectivity index (χ4n) is 4.58. The highest BCUT2D eigenvalue weighted by atomic mass is 19.1. The first-order valence-corrected chi connectivity index (χ1v) is 11.2. The third-order valence-electron chi connectivity index (χ3n) is 6.38. The van der Waals surface area contributed by atoms with Crippen LogP contribution in [-0.4, -0.2) is 25.2 Å². The second-order valence-electron chi connectivity index (χ2n) is 8.47. The van der Waals surface area contributed by atoms with Crippen LogP contribution < -0.4 is 14.8 Å². The van der Waals surface area contributed by atoms with Gasteiger partial charge in [-0.3, -0.25) is 4.79 Å². The van der Waals surface area contributed by atoms with Crippen LogP contribution in [0.5, 0.6) is 17.2 Å². The van der Waals surface area contributed by atoms with E-state index in [1.807, 2.05) is 43.3 Å². The molecule has 0 heterocycles. The van der Waals surface area contributed by atoms with Crippen molar-refractivity contribution in [2.45, 2.75) is 25.8 Å². The molecule has 176 valence electrons. The highest BCUT2D eigenvalue weighted by Gasteiger charge is 2.35. The number of fused-ring (bicyclic) bond motifs is 1. The minimum Gasteiger partial charge on any atom is -0.502 e. The fraction of sp³-hybridized carbons (Fsp3) is 0.250. The van der Waals surface area contributed by atoms with Crippen molar-refractivity contribution in [2.24, 2.45) is 5.92 Å². The number of ether oxygens (including phenoxy) is 2. The Labute approximate surface area is 198 Å². The van der Waals surface area contributed by atoms with Crippen molar-refractivity contribution >= 4 is 17.6 Å². The quantitative estimate of drug-likeness (QED) is 0.486. The Morgan fingerprint density at radius 2 is 1.74 bits per heavy atom. The second-order valence-corrected chi connectivity index (χ2v) is 8.47. The maximum absolute atomic E-state index is 14.2. The third kappa shape index (κ3) is 4.76. The van der Waals surface area contributed by atoms with Crippen LogP contribution >= 0.6 is 0 Å². The molecule has 0 radical (unpaired) electrons. The van der Waals surface area contributed by atoms with Gasteiger partial charge >= 0.3 is 0 Å². The monoisotopic (exact) mass is 461 g/mol.